The Labute approximate surface area is 253 Å². The number of rotatable bonds is 12. The van der Waals surface area contributed by atoms with E-state index in [-0.39, 0.29) is 22.8 Å². The van der Waals surface area contributed by atoms with Crippen molar-refractivity contribution < 1.29 is 10.2 Å². The van der Waals surface area contributed by atoms with Gasteiger partial charge in [0.05, 0.1) is 17.6 Å². The predicted octanol–water partition coefficient (Wildman–Crippen LogP) is 10.3. The molecule has 0 aliphatic heterocycles. The molecule has 0 spiro atoms. The lowest BCUT2D eigenvalue weighted by Crippen LogP contribution is -2.23. The van der Waals surface area contributed by atoms with Gasteiger partial charge >= 0.3 is 0 Å². The first-order chi connectivity index (χ1) is 20.2. The van der Waals surface area contributed by atoms with Crippen molar-refractivity contribution >= 4 is 5.57 Å². The van der Waals surface area contributed by atoms with E-state index in [1.54, 1.807) is 0 Å². The maximum absolute atomic E-state index is 12.3. The Morgan fingerprint density at radius 1 is 0.881 bits per heavy atom. The molecule has 2 N–H and O–H groups in total. The Kier molecular flexibility index (Phi) is 10.6. The van der Waals surface area contributed by atoms with Gasteiger partial charge in [0.15, 0.2) is 0 Å². The second-order valence-corrected chi connectivity index (χ2v) is 13.1. The van der Waals surface area contributed by atoms with Crippen LogP contribution in [0, 0.1) is 23.2 Å². The van der Waals surface area contributed by atoms with E-state index in [0.29, 0.717) is 24.3 Å². The number of phenols is 2. The molecule has 0 saturated carbocycles. The minimum Gasteiger partial charge on any atom is -0.507 e. The molecule has 0 bridgehead atoms. The summed E-state index contributed by atoms with van der Waals surface area (Å²) < 4.78 is 0. The normalized spacial score (nSPS) is 16.3. The van der Waals surface area contributed by atoms with Crippen LogP contribution < -0.4 is 0 Å². The van der Waals surface area contributed by atoms with Gasteiger partial charge in [-0.3, -0.25) is 0 Å². The van der Waals surface area contributed by atoms with E-state index >= 15 is 0 Å². The highest BCUT2D eigenvalue weighted by atomic mass is 16.3. The molecule has 1 aliphatic carbocycles. The molecular formula is C39H49NO2. The SMILES string of the molecule is CCCCCCC(C)(C)c1c(Cc2ccccc2)c(O)c(C2=C(C(C)C#N)CCC(C)C2)c(O)c1Cc1ccccc1. The zero-order chi connectivity index (χ0) is 30.3. The highest BCUT2D eigenvalue weighted by Gasteiger charge is 2.35. The zero-order valence-electron chi connectivity index (χ0n) is 26.3. The summed E-state index contributed by atoms with van der Waals surface area (Å²) in [4.78, 5) is 0. The fraction of sp³-hybridized carbons (Fsp3) is 0.462. The third-order valence-corrected chi connectivity index (χ3v) is 9.29. The van der Waals surface area contributed by atoms with Crippen LogP contribution in [-0.2, 0) is 18.3 Å². The largest absolute Gasteiger partial charge is 0.507 e. The fourth-order valence-electron chi connectivity index (χ4n) is 6.95. The molecule has 4 rings (SSSR count). The summed E-state index contributed by atoms with van der Waals surface area (Å²) in [5.41, 5.74) is 7.49. The first-order valence-electron chi connectivity index (χ1n) is 16.0. The number of allylic oxidation sites excluding steroid dienone is 2. The van der Waals surface area contributed by atoms with Gasteiger partial charge in [-0.2, -0.15) is 5.26 Å². The van der Waals surface area contributed by atoms with Crippen molar-refractivity contribution in [2.45, 2.75) is 104 Å². The number of benzene rings is 3. The van der Waals surface area contributed by atoms with Crippen LogP contribution in [0.3, 0.4) is 0 Å². The van der Waals surface area contributed by atoms with Crippen LogP contribution in [0.4, 0.5) is 0 Å². The lowest BCUT2D eigenvalue weighted by molar-refractivity contribution is 0.409. The summed E-state index contributed by atoms with van der Waals surface area (Å²) >= 11 is 0. The number of nitrogens with zero attached hydrogens (tertiary/aromatic N) is 1. The van der Waals surface area contributed by atoms with Gasteiger partial charge in [-0.1, -0.05) is 114 Å². The van der Waals surface area contributed by atoms with E-state index in [1.165, 1.54) is 19.3 Å². The van der Waals surface area contributed by atoms with Crippen molar-refractivity contribution in [3.05, 3.63) is 99.6 Å². The van der Waals surface area contributed by atoms with E-state index < -0.39 is 0 Å². The minimum absolute atomic E-state index is 0.191. The van der Waals surface area contributed by atoms with Crippen LogP contribution in [0.2, 0.25) is 0 Å². The lowest BCUT2D eigenvalue weighted by Gasteiger charge is -2.35. The molecule has 2 atom stereocenters. The quantitative estimate of drug-likeness (QED) is 0.215. The van der Waals surface area contributed by atoms with Crippen molar-refractivity contribution in [1.82, 2.24) is 0 Å². The van der Waals surface area contributed by atoms with Gasteiger partial charge in [-0.25, -0.2) is 0 Å². The van der Waals surface area contributed by atoms with Crippen molar-refractivity contribution in [2.75, 3.05) is 0 Å². The number of unbranched alkanes of at least 4 members (excludes halogenated alkanes) is 3. The number of aromatic hydroxyl groups is 2. The predicted molar refractivity (Wildman–Crippen MR) is 175 cm³/mol. The molecule has 0 fully saturated rings. The van der Waals surface area contributed by atoms with E-state index in [0.717, 1.165) is 71.1 Å². The fourth-order valence-corrected chi connectivity index (χ4v) is 6.95. The molecule has 3 aromatic carbocycles. The lowest BCUT2D eigenvalue weighted by atomic mass is 9.70. The first kappa shape index (κ1) is 31.4. The average molecular weight is 564 g/mol. The van der Waals surface area contributed by atoms with Crippen molar-refractivity contribution in [3.63, 3.8) is 0 Å². The standard InChI is InChI=1S/C39H49NO2/c1-6-7-8-15-22-39(4,5)36-33(24-29-16-11-9-12-17-29)37(41)35(32-23-27(2)20-21-31(32)28(3)26-40)38(42)34(36)25-30-18-13-10-14-19-30/h9-14,16-19,27-28,41-42H,6-8,15,20-25H2,1-5H3. The minimum atomic E-state index is -0.267. The third kappa shape index (κ3) is 7.09. The van der Waals surface area contributed by atoms with Crippen LogP contribution in [0.25, 0.3) is 5.57 Å². The summed E-state index contributed by atoms with van der Waals surface area (Å²) in [5, 5.41) is 34.5. The molecule has 0 radical (unpaired) electrons. The van der Waals surface area contributed by atoms with Gasteiger partial charge in [0, 0.05) is 24.0 Å². The molecule has 0 amide bonds. The summed E-state index contributed by atoms with van der Waals surface area (Å²) in [6.07, 6.45) is 9.41. The molecule has 0 aromatic heterocycles. The maximum atomic E-state index is 12.3. The summed E-state index contributed by atoms with van der Waals surface area (Å²) in [7, 11) is 0. The van der Waals surface area contributed by atoms with Crippen molar-refractivity contribution in [2.24, 2.45) is 11.8 Å². The second-order valence-electron chi connectivity index (χ2n) is 13.1. The maximum Gasteiger partial charge on any atom is 0.130 e. The van der Waals surface area contributed by atoms with E-state index in [9.17, 15) is 15.5 Å². The Morgan fingerprint density at radius 3 is 1.93 bits per heavy atom. The molecule has 222 valence electrons. The monoisotopic (exact) mass is 563 g/mol. The van der Waals surface area contributed by atoms with E-state index in [1.807, 2.05) is 43.3 Å². The second kappa shape index (κ2) is 14.1. The Balaban J connectivity index is 2.04. The van der Waals surface area contributed by atoms with Crippen LogP contribution in [0.5, 0.6) is 11.5 Å². The Morgan fingerprint density at radius 2 is 1.43 bits per heavy atom. The highest BCUT2D eigenvalue weighted by molar-refractivity contribution is 5.82. The van der Waals surface area contributed by atoms with Crippen LogP contribution in [-0.4, -0.2) is 10.2 Å². The molecule has 2 unspecified atom stereocenters. The van der Waals surface area contributed by atoms with Gasteiger partial charge in [-0.15, -0.1) is 0 Å². The first-order valence-corrected chi connectivity index (χ1v) is 16.0. The number of hydrogen-bond acceptors (Lipinski definition) is 3. The zero-order valence-corrected chi connectivity index (χ0v) is 26.3. The number of phenolic OH excluding ortho intramolecular Hbond substituents is 2. The van der Waals surface area contributed by atoms with Gasteiger partial charge in [0.2, 0.25) is 0 Å². The smallest absolute Gasteiger partial charge is 0.130 e. The number of hydrogen-bond donors (Lipinski definition) is 2. The molecule has 42 heavy (non-hydrogen) atoms. The molecule has 0 saturated heterocycles. The van der Waals surface area contributed by atoms with Gasteiger partial charge in [-0.05, 0) is 71.8 Å². The number of nitriles is 1. The highest BCUT2D eigenvalue weighted by Crippen LogP contribution is 2.52. The summed E-state index contributed by atoms with van der Waals surface area (Å²) in [5.74, 6) is 0.530. The molecule has 3 aromatic rings. The average Bonchev–Trinajstić information content (AvgIpc) is 2.98. The summed E-state index contributed by atoms with van der Waals surface area (Å²) in [6, 6.07) is 23.1. The molecule has 0 heterocycles. The van der Waals surface area contributed by atoms with Gasteiger partial charge in [0.25, 0.3) is 0 Å². The topological polar surface area (TPSA) is 64.2 Å². The van der Waals surface area contributed by atoms with Gasteiger partial charge in [0.1, 0.15) is 11.5 Å². The molecule has 3 heteroatoms. The Bertz CT molecular complexity index is 1340. The molecular weight excluding hydrogens is 514 g/mol. The van der Waals surface area contributed by atoms with Gasteiger partial charge < -0.3 is 10.2 Å². The Hall–Kier alpha value is -3.51. The summed E-state index contributed by atoms with van der Waals surface area (Å²) in [6.45, 7) is 11.0. The van der Waals surface area contributed by atoms with Crippen LogP contribution in [0.1, 0.15) is 119 Å². The van der Waals surface area contributed by atoms with Crippen molar-refractivity contribution in [1.29, 1.82) is 5.26 Å². The van der Waals surface area contributed by atoms with E-state index in [4.69, 9.17) is 0 Å². The van der Waals surface area contributed by atoms with E-state index in [2.05, 4.69) is 58.0 Å². The van der Waals surface area contributed by atoms with Crippen molar-refractivity contribution in [3.8, 4) is 17.6 Å². The third-order valence-electron chi connectivity index (χ3n) is 9.29. The molecule has 3 nitrogen and oxygen atoms in total. The van der Waals surface area contributed by atoms with Crippen LogP contribution >= 0.6 is 0 Å². The van der Waals surface area contributed by atoms with Crippen LogP contribution in [0.15, 0.2) is 66.2 Å². The molecule has 1 aliphatic rings.